The molecule has 3 aromatic rings. The summed E-state index contributed by atoms with van der Waals surface area (Å²) in [5.74, 6) is 2.79. The first-order valence-corrected chi connectivity index (χ1v) is 12.7. The quantitative estimate of drug-likeness (QED) is 0.299. The zero-order chi connectivity index (χ0) is 26.5. The van der Waals surface area contributed by atoms with E-state index in [1.807, 2.05) is 45.0 Å². The maximum absolute atomic E-state index is 13.4. The van der Waals surface area contributed by atoms with E-state index < -0.39 is 0 Å². The number of amides is 1. The monoisotopic (exact) mass is 495 g/mol. The number of nitrogens with one attached hydrogen (secondary N) is 2. The molecule has 0 radical (unpaired) electrons. The van der Waals surface area contributed by atoms with Crippen molar-refractivity contribution in [1.29, 1.82) is 0 Å². The van der Waals surface area contributed by atoms with Gasteiger partial charge in [-0.05, 0) is 76.5 Å². The molecule has 2 N–H and O–H groups in total. The molecule has 37 heavy (non-hydrogen) atoms. The standard InChI is InChI=1S/C31H33N3O3/c1-6-8-12-22(7-2)29-20(4)28(35)25-18-19(3)17-24(30(25)37-29)21(5)33-26-15-11-16-32-27(26)31(36)34-23-13-9-10-14-23/h1,7-8,11-12,15-18,21,23,33H,9-10,13-14H2,2-5H3,(H,34,36)/b12-8-,22-7+. The van der Waals surface area contributed by atoms with Crippen molar-refractivity contribution in [1.82, 2.24) is 10.3 Å². The van der Waals surface area contributed by atoms with Gasteiger partial charge in [0, 0.05) is 28.9 Å². The maximum Gasteiger partial charge on any atom is 0.272 e. The molecule has 1 fully saturated rings. The Hall–Kier alpha value is -4.11. The Bertz CT molecular complexity index is 1480. The smallest absolute Gasteiger partial charge is 0.272 e. The Labute approximate surface area is 217 Å². The lowest BCUT2D eigenvalue weighted by molar-refractivity contribution is 0.0933. The number of nitrogens with zero attached hydrogens (tertiary/aromatic N) is 1. The molecule has 0 bridgehead atoms. The van der Waals surface area contributed by atoms with Crippen LogP contribution in [0.5, 0.6) is 0 Å². The van der Waals surface area contributed by atoms with E-state index in [9.17, 15) is 9.59 Å². The van der Waals surface area contributed by atoms with Crippen molar-refractivity contribution in [3.63, 3.8) is 0 Å². The fourth-order valence-electron chi connectivity index (χ4n) is 4.94. The number of carbonyl (C=O) groups excluding carboxylic acids is 1. The second-order valence-electron chi connectivity index (χ2n) is 9.58. The fraction of sp³-hybridized carbons (Fsp3) is 0.323. The van der Waals surface area contributed by atoms with E-state index in [2.05, 4.69) is 21.5 Å². The van der Waals surface area contributed by atoms with Crippen LogP contribution in [-0.4, -0.2) is 16.9 Å². The van der Waals surface area contributed by atoms with Crippen LogP contribution in [0.25, 0.3) is 16.5 Å². The van der Waals surface area contributed by atoms with Crippen molar-refractivity contribution in [2.45, 2.75) is 65.5 Å². The predicted octanol–water partition coefficient (Wildman–Crippen LogP) is 6.24. The van der Waals surface area contributed by atoms with Crippen LogP contribution in [-0.2, 0) is 0 Å². The third-order valence-electron chi connectivity index (χ3n) is 6.88. The summed E-state index contributed by atoms with van der Waals surface area (Å²) in [6.07, 6.45) is 16.5. The highest BCUT2D eigenvalue weighted by molar-refractivity contribution is 5.98. The lowest BCUT2D eigenvalue weighted by Crippen LogP contribution is -2.33. The fourth-order valence-corrected chi connectivity index (χ4v) is 4.94. The summed E-state index contributed by atoms with van der Waals surface area (Å²) in [5.41, 5.74) is 4.42. The molecule has 0 saturated heterocycles. The molecular weight excluding hydrogens is 462 g/mol. The van der Waals surface area contributed by atoms with Crippen LogP contribution >= 0.6 is 0 Å². The highest BCUT2D eigenvalue weighted by Gasteiger charge is 2.23. The van der Waals surface area contributed by atoms with Crippen LogP contribution in [0.2, 0.25) is 0 Å². The zero-order valence-corrected chi connectivity index (χ0v) is 21.9. The van der Waals surface area contributed by atoms with Crippen LogP contribution in [0.3, 0.4) is 0 Å². The molecule has 1 saturated carbocycles. The Morgan fingerprint density at radius 2 is 2.03 bits per heavy atom. The van der Waals surface area contributed by atoms with Gasteiger partial charge in [0.05, 0.1) is 17.1 Å². The average molecular weight is 496 g/mol. The van der Waals surface area contributed by atoms with Gasteiger partial charge in [0.2, 0.25) is 0 Å². The Balaban J connectivity index is 1.75. The van der Waals surface area contributed by atoms with Gasteiger partial charge in [0.1, 0.15) is 11.3 Å². The average Bonchev–Trinajstić information content (AvgIpc) is 3.40. The predicted molar refractivity (Wildman–Crippen MR) is 150 cm³/mol. The molecule has 6 nitrogen and oxygen atoms in total. The summed E-state index contributed by atoms with van der Waals surface area (Å²) in [7, 11) is 0. The summed E-state index contributed by atoms with van der Waals surface area (Å²) in [4.78, 5) is 30.8. The zero-order valence-electron chi connectivity index (χ0n) is 21.9. The van der Waals surface area contributed by atoms with E-state index in [4.69, 9.17) is 10.8 Å². The molecule has 2 aromatic heterocycles. The van der Waals surface area contributed by atoms with Crippen LogP contribution < -0.4 is 16.1 Å². The van der Waals surface area contributed by atoms with Crippen LogP contribution in [0.4, 0.5) is 5.69 Å². The third kappa shape index (κ3) is 5.51. The summed E-state index contributed by atoms with van der Waals surface area (Å²) in [6.45, 7) is 7.58. The van der Waals surface area contributed by atoms with Gasteiger partial charge in [-0.25, -0.2) is 4.98 Å². The van der Waals surface area contributed by atoms with Gasteiger partial charge >= 0.3 is 0 Å². The van der Waals surface area contributed by atoms with Gasteiger partial charge in [-0.15, -0.1) is 6.42 Å². The van der Waals surface area contributed by atoms with Crippen molar-refractivity contribution in [2.75, 3.05) is 5.32 Å². The molecule has 0 aliphatic heterocycles. The number of fused-ring (bicyclic) bond motifs is 1. The number of hydrogen-bond donors (Lipinski definition) is 2. The number of rotatable bonds is 7. The Morgan fingerprint density at radius 3 is 2.73 bits per heavy atom. The number of aromatic nitrogens is 1. The molecule has 4 rings (SSSR count). The maximum atomic E-state index is 13.4. The molecule has 1 aliphatic rings. The van der Waals surface area contributed by atoms with Gasteiger partial charge in [0.15, 0.2) is 11.1 Å². The van der Waals surface area contributed by atoms with Crippen molar-refractivity contribution < 1.29 is 9.21 Å². The number of pyridine rings is 1. The molecule has 1 aliphatic carbocycles. The highest BCUT2D eigenvalue weighted by Crippen LogP contribution is 2.31. The minimum absolute atomic E-state index is 0.0835. The molecular formula is C31H33N3O3. The minimum atomic E-state index is -0.279. The minimum Gasteiger partial charge on any atom is -0.455 e. The van der Waals surface area contributed by atoms with E-state index >= 15 is 0 Å². The molecule has 190 valence electrons. The Kier molecular flexibility index (Phi) is 7.93. The van der Waals surface area contributed by atoms with Crippen LogP contribution in [0.1, 0.15) is 78.5 Å². The summed E-state index contributed by atoms with van der Waals surface area (Å²) < 4.78 is 6.41. The lowest BCUT2D eigenvalue weighted by Gasteiger charge is -2.20. The van der Waals surface area contributed by atoms with Crippen molar-refractivity contribution >= 4 is 28.1 Å². The van der Waals surface area contributed by atoms with E-state index in [1.165, 1.54) is 0 Å². The number of hydrogen-bond acceptors (Lipinski definition) is 5. The largest absolute Gasteiger partial charge is 0.455 e. The van der Waals surface area contributed by atoms with Gasteiger partial charge in [0.25, 0.3) is 5.91 Å². The van der Waals surface area contributed by atoms with Crippen molar-refractivity contribution in [3.05, 3.63) is 87.1 Å². The normalized spacial score (nSPS) is 15.2. The topological polar surface area (TPSA) is 84.2 Å². The SMILES string of the molecule is C#C/C=C\C(=C/C)c1oc2c(C(C)Nc3cccnc3C(=O)NC3CCCC3)cc(C)cc2c(=O)c1C. The molecule has 0 spiro atoms. The number of allylic oxidation sites excluding steroid dienone is 4. The number of benzene rings is 1. The molecule has 1 unspecified atom stereocenters. The van der Waals surface area contributed by atoms with Gasteiger partial charge < -0.3 is 15.1 Å². The summed E-state index contributed by atoms with van der Waals surface area (Å²) in [6, 6.07) is 7.42. The number of terminal acetylenes is 1. The Morgan fingerprint density at radius 1 is 1.27 bits per heavy atom. The number of carbonyl (C=O) groups is 1. The summed E-state index contributed by atoms with van der Waals surface area (Å²) >= 11 is 0. The first-order chi connectivity index (χ1) is 17.8. The van der Waals surface area contributed by atoms with Crippen molar-refractivity contribution in [2.24, 2.45) is 0 Å². The van der Waals surface area contributed by atoms with E-state index in [1.54, 1.807) is 31.3 Å². The van der Waals surface area contributed by atoms with E-state index in [-0.39, 0.29) is 23.4 Å². The summed E-state index contributed by atoms with van der Waals surface area (Å²) in [5, 5.41) is 7.08. The molecule has 1 aromatic carbocycles. The van der Waals surface area contributed by atoms with Gasteiger partial charge in [-0.2, -0.15) is 0 Å². The first kappa shape index (κ1) is 26.0. The number of anilines is 1. The second kappa shape index (κ2) is 11.3. The third-order valence-corrected chi connectivity index (χ3v) is 6.88. The molecule has 1 atom stereocenters. The second-order valence-corrected chi connectivity index (χ2v) is 9.58. The van der Waals surface area contributed by atoms with Gasteiger partial charge in [-0.1, -0.05) is 30.9 Å². The van der Waals surface area contributed by atoms with Crippen molar-refractivity contribution in [3.8, 4) is 12.3 Å². The highest BCUT2D eigenvalue weighted by atomic mass is 16.3. The lowest BCUT2D eigenvalue weighted by atomic mass is 9.98. The van der Waals surface area contributed by atoms with E-state index in [0.29, 0.717) is 33.7 Å². The van der Waals surface area contributed by atoms with Crippen LogP contribution in [0, 0.1) is 26.2 Å². The first-order valence-electron chi connectivity index (χ1n) is 12.7. The molecule has 6 heteroatoms. The van der Waals surface area contributed by atoms with E-state index in [0.717, 1.165) is 42.4 Å². The molecule has 1 amide bonds. The van der Waals surface area contributed by atoms with Crippen LogP contribution in [0.15, 0.2) is 57.9 Å². The van der Waals surface area contributed by atoms with Gasteiger partial charge in [-0.3, -0.25) is 9.59 Å². The molecule has 2 heterocycles. The number of aryl methyl sites for hydroxylation is 1.